The number of anilines is 1. The highest BCUT2D eigenvalue weighted by Gasteiger charge is 2.56. The molecule has 1 unspecified atom stereocenters. The number of aromatic nitrogens is 4. The Bertz CT molecular complexity index is 880. The van der Waals surface area contributed by atoms with E-state index in [-0.39, 0.29) is 24.5 Å². The normalized spacial score (nSPS) is 35.7. The first-order valence-corrected chi connectivity index (χ1v) is 10.6. The molecule has 0 spiro atoms. The first kappa shape index (κ1) is 19.2. The average molecular weight is 402 g/mol. The number of nitrogens with zero attached hydrogens (tertiary/aromatic N) is 4. The zero-order valence-electron chi connectivity index (χ0n) is 17.2. The van der Waals surface area contributed by atoms with Crippen LogP contribution in [0.1, 0.15) is 52.7 Å². The van der Waals surface area contributed by atoms with Gasteiger partial charge in [-0.3, -0.25) is 4.57 Å². The van der Waals surface area contributed by atoms with Crippen LogP contribution in [0.15, 0.2) is 12.7 Å². The fourth-order valence-electron chi connectivity index (χ4n) is 4.93. The van der Waals surface area contributed by atoms with Crippen LogP contribution in [0.4, 0.5) is 5.82 Å². The average Bonchev–Trinajstić information content (AvgIpc) is 3.29. The third-order valence-corrected chi connectivity index (χ3v) is 6.33. The second-order valence-electron chi connectivity index (χ2n) is 8.94. The van der Waals surface area contributed by atoms with Crippen molar-refractivity contribution in [2.75, 3.05) is 12.3 Å². The molecule has 2 aliphatic heterocycles. The molecule has 3 fully saturated rings. The van der Waals surface area contributed by atoms with Crippen LogP contribution in [0.2, 0.25) is 0 Å². The molecule has 0 amide bonds. The molecule has 2 aromatic rings. The quantitative estimate of drug-likeness (QED) is 0.755. The Morgan fingerprint density at radius 2 is 2.00 bits per heavy atom. The molecule has 2 aromatic heterocycles. The summed E-state index contributed by atoms with van der Waals surface area (Å²) in [6.45, 7) is 6.88. The van der Waals surface area contributed by atoms with E-state index in [2.05, 4.69) is 27.2 Å². The van der Waals surface area contributed by atoms with E-state index in [1.54, 1.807) is 6.33 Å². The van der Waals surface area contributed by atoms with Gasteiger partial charge in [0.05, 0.1) is 6.33 Å². The molecule has 0 radical (unpaired) electrons. The standard InChI is InChI=1S/C20H30N6O3/c1-4-5-11-6-12(7-11)22-8-13-15-16(29-20(2,3)28-15)19(27-13)26-10-25-14-17(21)23-9-24-18(14)26/h9-13,15-16,19,22H,4-8H2,1-3H3,(H2,21,23,24)/t11?,12?,13-,15-,16-,19?/m1/s1. The van der Waals surface area contributed by atoms with Crippen molar-refractivity contribution in [2.24, 2.45) is 5.92 Å². The van der Waals surface area contributed by atoms with Gasteiger partial charge in [-0.1, -0.05) is 19.8 Å². The lowest BCUT2D eigenvalue weighted by Crippen LogP contribution is -2.46. The summed E-state index contributed by atoms with van der Waals surface area (Å²) in [6, 6.07) is 0.574. The van der Waals surface area contributed by atoms with Crippen molar-refractivity contribution in [3.05, 3.63) is 12.7 Å². The molecule has 4 atom stereocenters. The highest BCUT2D eigenvalue weighted by Crippen LogP contribution is 2.44. The first-order chi connectivity index (χ1) is 13.9. The zero-order chi connectivity index (χ0) is 20.2. The van der Waals surface area contributed by atoms with Crippen LogP contribution in [0.25, 0.3) is 11.2 Å². The maximum Gasteiger partial charge on any atom is 0.167 e. The lowest BCUT2D eigenvalue weighted by molar-refractivity contribution is -0.196. The van der Waals surface area contributed by atoms with Crippen molar-refractivity contribution in [3.63, 3.8) is 0 Å². The van der Waals surface area contributed by atoms with Gasteiger partial charge in [0.25, 0.3) is 0 Å². The third kappa shape index (κ3) is 3.39. The second-order valence-corrected chi connectivity index (χ2v) is 8.94. The summed E-state index contributed by atoms with van der Waals surface area (Å²) in [5.74, 6) is 0.579. The molecule has 1 aliphatic carbocycles. The highest BCUT2D eigenvalue weighted by atomic mass is 16.8. The van der Waals surface area contributed by atoms with Crippen LogP contribution in [0.5, 0.6) is 0 Å². The lowest BCUT2D eigenvalue weighted by atomic mass is 9.77. The van der Waals surface area contributed by atoms with Gasteiger partial charge < -0.3 is 25.3 Å². The monoisotopic (exact) mass is 402 g/mol. The molecular weight excluding hydrogens is 372 g/mol. The van der Waals surface area contributed by atoms with E-state index in [9.17, 15) is 0 Å². The van der Waals surface area contributed by atoms with Crippen molar-refractivity contribution in [3.8, 4) is 0 Å². The summed E-state index contributed by atoms with van der Waals surface area (Å²) in [6.07, 6.45) is 7.38. The summed E-state index contributed by atoms with van der Waals surface area (Å²) in [5, 5.41) is 3.67. The topological polar surface area (TPSA) is 109 Å². The molecule has 158 valence electrons. The summed E-state index contributed by atoms with van der Waals surface area (Å²) in [7, 11) is 0. The molecule has 0 aromatic carbocycles. The summed E-state index contributed by atoms with van der Waals surface area (Å²) < 4.78 is 20.7. The number of nitrogens with one attached hydrogen (secondary N) is 1. The van der Waals surface area contributed by atoms with Gasteiger partial charge in [-0.05, 0) is 32.6 Å². The van der Waals surface area contributed by atoms with E-state index < -0.39 is 5.79 Å². The molecule has 29 heavy (non-hydrogen) atoms. The fraction of sp³-hybridized carbons (Fsp3) is 0.750. The van der Waals surface area contributed by atoms with Gasteiger partial charge in [0.15, 0.2) is 23.5 Å². The number of nitrogen functional groups attached to an aromatic ring is 1. The Morgan fingerprint density at radius 3 is 2.79 bits per heavy atom. The minimum atomic E-state index is -0.650. The van der Waals surface area contributed by atoms with E-state index in [1.807, 2.05) is 18.4 Å². The molecule has 0 bridgehead atoms. The maximum absolute atomic E-state index is 6.42. The number of nitrogens with two attached hydrogens (primary N) is 1. The molecule has 3 aliphatic rings. The predicted octanol–water partition coefficient (Wildman–Crippen LogP) is 1.99. The number of fused-ring (bicyclic) bond motifs is 2. The van der Waals surface area contributed by atoms with Crippen LogP contribution in [0, 0.1) is 5.92 Å². The molecule has 3 N–H and O–H groups in total. The summed E-state index contributed by atoms with van der Waals surface area (Å²) in [5.41, 5.74) is 7.16. The number of imidazole rings is 1. The van der Waals surface area contributed by atoms with E-state index in [0.717, 1.165) is 12.5 Å². The zero-order valence-corrected chi connectivity index (χ0v) is 17.2. The van der Waals surface area contributed by atoms with E-state index >= 15 is 0 Å². The van der Waals surface area contributed by atoms with E-state index in [0.29, 0.717) is 23.0 Å². The van der Waals surface area contributed by atoms with E-state index in [1.165, 1.54) is 32.0 Å². The van der Waals surface area contributed by atoms with Gasteiger partial charge in [-0.25, -0.2) is 15.0 Å². The molecule has 9 heteroatoms. The van der Waals surface area contributed by atoms with Gasteiger partial charge in [0.2, 0.25) is 0 Å². The largest absolute Gasteiger partial charge is 0.382 e. The van der Waals surface area contributed by atoms with Gasteiger partial charge in [0.1, 0.15) is 30.2 Å². The third-order valence-electron chi connectivity index (χ3n) is 6.33. The Labute approximate surface area is 170 Å². The molecular formula is C20H30N6O3. The lowest BCUT2D eigenvalue weighted by Gasteiger charge is -2.37. The Morgan fingerprint density at radius 1 is 1.21 bits per heavy atom. The van der Waals surface area contributed by atoms with Crippen LogP contribution in [-0.2, 0) is 14.2 Å². The van der Waals surface area contributed by atoms with E-state index in [4.69, 9.17) is 19.9 Å². The minimum absolute atomic E-state index is 0.103. The van der Waals surface area contributed by atoms with Crippen LogP contribution in [0.3, 0.4) is 0 Å². The van der Waals surface area contributed by atoms with Crippen molar-refractivity contribution in [1.29, 1.82) is 0 Å². The Balaban J connectivity index is 1.33. The van der Waals surface area contributed by atoms with Crippen LogP contribution < -0.4 is 11.1 Å². The number of hydrogen-bond donors (Lipinski definition) is 2. The summed E-state index contributed by atoms with van der Waals surface area (Å²) >= 11 is 0. The van der Waals surface area contributed by atoms with Gasteiger partial charge in [0, 0.05) is 12.6 Å². The molecule has 9 nitrogen and oxygen atoms in total. The first-order valence-electron chi connectivity index (χ1n) is 10.6. The number of ether oxygens (including phenoxy) is 3. The van der Waals surface area contributed by atoms with Crippen molar-refractivity contribution >= 4 is 17.0 Å². The smallest absolute Gasteiger partial charge is 0.167 e. The molecule has 5 rings (SSSR count). The van der Waals surface area contributed by atoms with Crippen molar-refractivity contribution in [2.45, 2.75) is 82.8 Å². The highest BCUT2D eigenvalue weighted by molar-refractivity contribution is 5.81. The maximum atomic E-state index is 6.42. The molecule has 2 saturated heterocycles. The summed E-state index contributed by atoms with van der Waals surface area (Å²) in [4.78, 5) is 12.8. The van der Waals surface area contributed by atoms with Gasteiger partial charge >= 0.3 is 0 Å². The number of rotatable bonds is 6. The van der Waals surface area contributed by atoms with Crippen LogP contribution >= 0.6 is 0 Å². The van der Waals surface area contributed by atoms with Gasteiger partial charge in [-0.15, -0.1) is 0 Å². The SMILES string of the molecule is CCCC1CC(NC[C@H]2OC(n3cnc4c(N)ncnc43)[C@@H]3OC(C)(C)O[C@H]23)C1. The number of hydrogen-bond acceptors (Lipinski definition) is 8. The van der Waals surface area contributed by atoms with Crippen molar-refractivity contribution < 1.29 is 14.2 Å². The Kier molecular flexibility index (Phi) is 4.73. The Hall–Kier alpha value is -1.81. The second kappa shape index (κ2) is 7.16. The van der Waals surface area contributed by atoms with Crippen molar-refractivity contribution in [1.82, 2.24) is 24.8 Å². The minimum Gasteiger partial charge on any atom is -0.382 e. The fourth-order valence-corrected chi connectivity index (χ4v) is 4.93. The van der Waals surface area contributed by atoms with Crippen LogP contribution in [-0.4, -0.2) is 56.2 Å². The molecule has 4 heterocycles. The van der Waals surface area contributed by atoms with Gasteiger partial charge in [-0.2, -0.15) is 0 Å². The molecule has 1 saturated carbocycles. The predicted molar refractivity (Wildman–Crippen MR) is 107 cm³/mol.